The number of nitrogens with zero attached hydrogens (tertiary/aromatic N) is 1. The van der Waals surface area contributed by atoms with Crippen molar-refractivity contribution in [1.82, 2.24) is 0 Å². The van der Waals surface area contributed by atoms with E-state index in [0.29, 0.717) is 17.0 Å². The molecule has 1 aromatic rings. The summed E-state index contributed by atoms with van der Waals surface area (Å²) in [6.45, 7) is 5.33. The lowest BCUT2D eigenvalue weighted by Crippen LogP contribution is -2.39. The van der Waals surface area contributed by atoms with Crippen LogP contribution in [-0.4, -0.2) is 5.11 Å². The summed E-state index contributed by atoms with van der Waals surface area (Å²) in [7, 11) is 0. The first-order valence-electron chi connectivity index (χ1n) is 5.27. The van der Waals surface area contributed by atoms with E-state index in [4.69, 9.17) is 11.6 Å². The first-order valence-corrected chi connectivity index (χ1v) is 5.65. The zero-order chi connectivity index (χ0) is 12.4. The third kappa shape index (κ3) is 2.07. The summed E-state index contributed by atoms with van der Waals surface area (Å²) in [5, 5.41) is 20.4. The average Bonchev–Trinajstić information content (AvgIpc) is 2.28. The smallest absolute Gasteiger partial charge is 0.105 e. The number of benzene rings is 1. The van der Waals surface area contributed by atoms with Gasteiger partial charge in [0.15, 0.2) is 0 Å². The molecule has 0 aliphatic carbocycles. The highest BCUT2D eigenvalue weighted by molar-refractivity contribution is 6.30. The fourth-order valence-corrected chi connectivity index (χ4v) is 1.75. The summed E-state index contributed by atoms with van der Waals surface area (Å²) < 4.78 is 0. The van der Waals surface area contributed by atoms with Crippen LogP contribution in [0.4, 0.5) is 0 Å². The highest BCUT2D eigenvalue weighted by atomic mass is 35.5. The first kappa shape index (κ1) is 13.0. The van der Waals surface area contributed by atoms with Gasteiger partial charge in [0.2, 0.25) is 0 Å². The van der Waals surface area contributed by atoms with Gasteiger partial charge in [-0.25, -0.2) is 0 Å². The highest BCUT2D eigenvalue weighted by Crippen LogP contribution is 2.41. The van der Waals surface area contributed by atoms with Gasteiger partial charge in [0, 0.05) is 5.02 Å². The van der Waals surface area contributed by atoms with Crippen molar-refractivity contribution in [2.24, 2.45) is 5.41 Å². The SMILES string of the molecule is CCC(C)(C#N)C(C)(O)c1ccc(Cl)cc1. The summed E-state index contributed by atoms with van der Waals surface area (Å²) in [6, 6.07) is 9.16. The molecule has 0 aliphatic rings. The summed E-state index contributed by atoms with van der Waals surface area (Å²) in [5.41, 5.74) is -1.27. The largest absolute Gasteiger partial charge is 0.384 e. The normalized spacial score (nSPS) is 18.2. The second kappa shape index (κ2) is 4.45. The molecule has 0 aromatic heterocycles. The summed E-state index contributed by atoms with van der Waals surface area (Å²) in [4.78, 5) is 0. The van der Waals surface area contributed by atoms with Crippen LogP contribution >= 0.6 is 11.6 Å². The quantitative estimate of drug-likeness (QED) is 0.875. The maximum absolute atomic E-state index is 10.5. The summed E-state index contributed by atoms with van der Waals surface area (Å²) in [6.07, 6.45) is 0.582. The van der Waals surface area contributed by atoms with Crippen molar-refractivity contribution in [1.29, 1.82) is 5.26 Å². The zero-order valence-corrected chi connectivity index (χ0v) is 10.5. The molecular weight excluding hydrogens is 222 g/mol. The molecule has 1 aromatic carbocycles. The Morgan fingerprint density at radius 1 is 1.31 bits per heavy atom. The van der Waals surface area contributed by atoms with E-state index in [1.54, 1.807) is 38.1 Å². The van der Waals surface area contributed by atoms with Crippen molar-refractivity contribution in [2.75, 3.05) is 0 Å². The Labute approximate surface area is 101 Å². The third-order valence-electron chi connectivity index (χ3n) is 3.43. The van der Waals surface area contributed by atoms with Crippen LogP contribution in [0.15, 0.2) is 24.3 Å². The molecule has 16 heavy (non-hydrogen) atoms. The molecule has 0 amide bonds. The number of nitriles is 1. The average molecular weight is 238 g/mol. The van der Waals surface area contributed by atoms with Gasteiger partial charge in [0.25, 0.3) is 0 Å². The molecule has 1 rings (SSSR count). The maximum Gasteiger partial charge on any atom is 0.105 e. The van der Waals surface area contributed by atoms with E-state index in [-0.39, 0.29) is 0 Å². The minimum Gasteiger partial charge on any atom is -0.384 e. The van der Waals surface area contributed by atoms with Gasteiger partial charge < -0.3 is 5.11 Å². The Kier molecular flexibility index (Phi) is 3.62. The Morgan fingerprint density at radius 3 is 2.19 bits per heavy atom. The van der Waals surface area contributed by atoms with E-state index < -0.39 is 11.0 Å². The Bertz CT molecular complexity index is 405. The highest BCUT2D eigenvalue weighted by Gasteiger charge is 2.43. The van der Waals surface area contributed by atoms with Gasteiger partial charge in [-0.1, -0.05) is 30.7 Å². The molecule has 0 saturated carbocycles. The van der Waals surface area contributed by atoms with Crippen LogP contribution in [0.3, 0.4) is 0 Å². The number of aliphatic hydroxyl groups is 1. The molecule has 2 nitrogen and oxygen atoms in total. The van der Waals surface area contributed by atoms with E-state index in [1.807, 2.05) is 6.92 Å². The molecule has 0 radical (unpaired) electrons. The molecule has 0 bridgehead atoms. The minimum atomic E-state index is -1.18. The van der Waals surface area contributed by atoms with Crippen LogP contribution in [0.5, 0.6) is 0 Å². The lowest BCUT2D eigenvalue weighted by Gasteiger charge is -2.37. The van der Waals surface area contributed by atoms with Crippen LogP contribution in [0.25, 0.3) is 0 Å². The first-order chi connectivity index (χ1) is 7.37. The van der Waals surface area contributed by atoms with E-state index in [9.17, 15) is 10.4 Å². The van der Waals surface area contributed by atoms with Crippen LogP contribution in [-0.2, 0) is 5.60 Å². The van der Waals surface area contributed by atoms with Crippen LogP contribution in [0.2, 0.25) is 5.02 Å². The van der Waals surface area contributed by atoms with E-state index in [0.717, 1.165) is 0 Å². The van der Waals surface area contributed by atoms with Crippen molar-refractivity contribution in [3.8, 4) is 6.07 Å². The molecule has 0 saturated heterocycles. The van der Waals surface area contributed by atoms with Crippen molar-refractivity contribution >= 4 is 11.6 Å². The summed E-state index contributed by atoms with van der Waals surface area (Å²) >= 11 is 5.80. The van der Waals surface area contributed by atoms with Gasteiger partial charge >= 0.3 is 0 Å². The standard InChI is InChI=1S/C13H16ClNO/c1-4-12(2,9-15)13(3,16)10-5-7-11(14)8-6-10/h5-8,16H,4H2,1-3H3. The lowest BCUT2D eigenvalue weighted by atomic mass is 9.70. The van der Waals surface area contributed by atoms with E-state index in [1.165, 1.54) is 0 Å². The second-order valence-electron chi connectivity index (χ2n) is 4.38. The van der Waals surface area contributed by atoms with Crippen LogP contribution in [0, 0.1) is 16.7 Å². The van der Waals surface area contributed by atoms with Crippen molar-refractivity contribution < 1.29 is 5.11 Å². The van der Waals surface area contributed by atoms with Gasteiger partial charge in [-0.3, -0.25) is 0 Å². The predicted octanol–water partition coefficient (Wildman–Crippen LogP) is 3.49. The molecular formula is C13H16ClNO. The number of hydrogen-bond acceptors (Lipinski definition) is 2. The molecule has 0 aliphatic heterocycles. The molecule has 1 N–H and O–H groups in total. The van der Waals surface area contributed by atoms with Crippen LogP contribution < -0.4 is 0 Å². The molecule has 2 unspecified atom stereocenters. The van der Waals surface area contributed by atoms with E-state index >= 15 is 0 Å². The van der Waals surface area contributed by atoms with E-state index in [2.05, 4.69) is 6.07 Å². The van der Waals surface area contributed by atoms with Gasteiger partial charge in [0.1, 0.15) is 5.60 Å². The fourth-order valence-electron chi connectivity index (χ4n) is 1.63. The van der Waals surface area contributed by atoms with Gasteiger partial charge in [0.05, 0.1) is 11.5 Å². The Balaban J connectivity index is 3.21. The van der Waals surface area contributed by atoms with Gasteiger partial charge in [-0.05, 0) is 38.0 Å². The van der Waals surface area contributed by atoms with Crippen molar-refractivity contribution in [3.63, 3.8) is 0 Å². The Morgan fingerprint density at radius 2 is 1.81 bits per heavy atom. The summed E-state index contributed by atoms with van der Waals surface area (Å²) in [5.74, 6) is 0. The van der Waals surface area contributed by atoms with Crippen molar-refractivity contribution in [2.45, 2.75) is 32.8 Å². The molecule has 2 atom stereocenters. The predicted molar refractivity (Wildman–Crippen MR) is 65.0 cm³/mol. The van der Waals surface area contributed by atoms with Gasteiger partial charge in [-0.15, -0.1) is 0 Å². The number of rotatable bonds is 3. The monoisotopic (exact) mass is 237 g/mol. The maximum atomic E-state index is 10.5. The zero-order valence-electron chi connectivity index (χ0n) is 9.79. The Hall–Kier alpha value is -1.04. The molecule has 0 heterocycles. The number of halogens is 1. The number of hydrogen-bond donors (Lipinski definition) is 1. The lowest BCUT2D eigenvalue weighted by molar-refractivity contribution is -0.0379. The minimum absolute atomic E-state index is 0.582. The topological polar surface area (TPSA) is 44.0 Å². The van der Waals surface area contributed by atoms with Crippen LogP contribution in [0.1, 0.15) is 32.8 Å². The van der Waals surface area contributed by atoms with Crippen molar-refractivity contribution in [3.05, 3.63) is 34.9 Å². The fraction of sp³-hybridized carbons (Fsp3) is 0.462. The second-order valence-corrected chi connectivity index (χ2v) is 4.81. The molecule has 3 heteroatoms. The molecule has 0 fully saturated rings. The molecule has 0 spiro atoms. The third-order valence-corrected chi connectivity index (χ3v) is 3.69. The van der Waals surface area contributed by atoms with Gasteiger partial charge in [-0.2, -0.15) is 5.26 Å². The molecule has 86 valence electrons.